The Kier molecular flexibility index (Phi) is 7.16. The van der Waals surface area contributed by atoms with Crippen molar-refractivity contribution in [1.29, 1.82) is 0 Å². The van der Waals surface area contributed by atoms with Gasteiger partial charge in [-0.25, -0.2) is 0 Å². The summed E-state index contributed by atoms with van der Waals surface area (Å²) in [6.07, 6.45) is 1.26. The van der Waals surface area contributed by atoms with E-state index in [9.17, 15) is 9.59 Å². The summed E-state index contributed by atoms with van der Waals surface area (Å²) in [5.41, 5.74) is 8.08. The number of amides is 2. The lowest BCUT2D eigenvalue weighted by molar-refractivity contribution is -0.129. The first-order valence-electron chi connectivity index (χ1n) is 8.48. The van der Waals surface area contributed by atoms with Crippen LogP contribution >= 0.6 is 0 Å². The topological polar surface area (TPSA) is 84.2 Å². The summed E-state index contributed by atoms with van der Waals surface area (Å²) in [4.78, 5) is 24.2. The summed E-state index contributed by atoms with van der Waals surface area (Å²) < 4.78 is 0. The van der Waals surface area contributed by atoms with Crippen molar-refractivity contribution in [1.82, 2.24) is 10.6 Å². The molecule has 0 radical (unpaired) electrons. The Morgan fingerprint density at radius 2 is 1.48 bits per heavy atom. The van der Waals surface area contributed by atoms with Gasteiger partial charge in [0.15, 0.2) is 0 Å². The third kappa shape index (κ3) is 6.39. The molecule has 5 nitrogen and oxygen atoms in total. The number of hydrogen-bond donors (Lipinski definition) is 3. The molecule has 2 aromatic carbocycles. The van der Waals surface area contributed by atoms with Gasteiger partial charge in [0.25, 0.3) is 0 Å². The molecule has 2 rings (SSSR count). The smallest absolute Gasteiger partial charge is 0.242 e. The summed E-state index contributed by atoms with van der Waals surface area (Å²) in [6, 6.07) is 18.2. The average molecular weight is 339 g/mol. The first-order valence-corrected chi connectivity index (χ1v) is 8.48. The molecule has 132 valence electrons. The van der Waals surface area contributed by atoms with Crippen LogP contribution in [0, 0.1) is 0 Å². The first-order chi connectivity index (χ1) is 12.1. The third-order valence-electron chi connectivity index (χ3n) is 3.99. The van der Waals surface area contributed by atoms with Crippen LogP contribution in [0.2, 0.25) is 0 Å². The monoisotopic (exact) mass is 339 g/mol. The van der Waals surface area contributed by atoms with Crippen LogP contribution < -0.4 is 16.4 Å². The molecule has 25 heavy (non-hydrogen) atoms. The van der Waals surface area contributed by atoms with Gasteiger partial charge in [-0.05, 0) is 30.9 Å². The second kappa shape index (κ2) is 9.59. The molecule has 0 saturated carbocycles. The van der Waals surface area contributed by atoms with E-state index in [0.717, 1.165) is 17.5 Å². The largest absolute Gasteiger partial charge is 0.350 e. The quantitative estimate of drug-likeness (QED) is 0.685. The minimum absolute atomic E-state index is 0.229. The maximum absolute atomic E-state index is 12.1. The summed E-state index contributed by atoms with van der Waals surface area (Å²) in [6.45, 7) is 2.09. The fraction of sp³-hybridized carbons (Fsp3) is 0.300. The van der Waals surface area contributed by atoms with Gasteiger partial charge in [0.1, 0.15) is 6.04 Å². The number of rotatable bonds is 8. The van der Waals surface area contributed by atoms with Crippen LogP contribution in [0.5, 0.6) is 0 Å². The lowest BCUT2D eigenvalue weighted by Crippen LogP contribution is -2.50. The minimum atomic E-state index is -0.635. The Hall–Kier alpha value is -2.66. The van der Waals surface area contributed by atoms with E-state index in [1.54, 1.807) is 6.92 Å². The number of carbonyl (C=O) groups excluding carboxylic acids is 2. The van der Waals surface area contributed by atoms with Gasteiger partial charge in [0, 0.05) is 6.54 Å². The van der Waals surface area contributed by atoms with E-state index < -0.39 is 12.1 Å². The van der Waals surface area contributed by atoms with E-state index in [0.29, 0.717) is 13.0 Å². The van der Waals surface area contributed by atoms with Gasteiger partial charge in [-0.15, -0.1) is 0 Å². The van der Waals surface area contributed by atoms with Crippen molar-refractivity contribution in [3.8, 4) is 0 Å². The highest BCUT2D eigenvalue weighted by atomic mass is 16.2. The van der Waals surface area contributed by atoms with Crippen molar-refractivity contribution in [3.63, 3.8) is 0 Å². The molecular formula is C20H25N3O2. The Bertz CT molecular complexity index is 674. The predicted molar refractivity (Wildman–Crippen MR) is 98.6 cm³/mol. The Labute approximate surface area is 148 Å². The number of hydrogen-bond acceptors (Lipinski definition) is 3. The Morgan fingerprint density at radius 1 is 0.920 bits per heavy atom. The molecule has 4 N–H and O–H groups in total. The standard InChI is InChI=1S/C20H25N3O2/c1-15(19(24)22-14-17-10-6-3-7-11-17)23-20(25)18(21)13-12-16-8-4-2-5-9-16/h2-11,15,18H,12-14,21H2,1H3,(H,22,24)(H,23,25)/t15-,18+/m0/s1. The van der Waals surface area contributed by atoms with Crippen LogP contribution in [0.4, 0.5) is 0 Å². The van der Waals surface area contributed by atoms with E-state index in [4.69, 9.17) is 5.73 Å². The fourth-order valence-electron chi connectivity index (χ4n) is 2.42. The van der Waals surface area contributed by atoms with Gasteiger partial charge in [0.05, 0.1) is 6.04 Å². The third-order valence-corrected chi connectivity index (χ3v) is 3.99. The van der Waals surface area contributed by atoms with Crippen molar-refractivity contribution in [2.45, 2.75) is 38.4 Å². The molecule has 2 atom stereocenters. The van der Waals surface area contributed by atoms with Crippen molar-refractivity contribution in [3.05, 3.63) is 71.8 Å². The molecule has 0 aliphatic carbocycles. The van der Waals surface area contributed by atoms with Gasteiger partial charge >= 0.3 is 0 Å². The van der Waals surface area contributed by atoms with E-state index in [1.807, 2.05) is 60.7 Å². The molecule has 0 bridgehead atoms. The van der Waals surface area contributed by atoms with Crippen LogP contribution in [0.15, 0.2) is 60.7 Å². The lowest BCUT2D eigenvalue weighted by Gasteiger charge is -2.17. The lowest BCUT2D eigenvalue weighted by atomic mass is 10.1. The fourth-order valence-corrected chi connectivity index (χ4v) is 2.42. The molecule has 0 unspecified atom stereocenters. The van der Waals surface area contributed by atoms with Gasteiger partial charge in [-0.1, -0.05) is 60.7 Å². The molecule has 0 aromatic heterocycles. The van der Waals surface area contributed by atoms with Crippen molar-refractivity contribution >= 4 is 11.8 Å². The second-order valence-electron chi connectivity index (χ2n) is 6.06. The minimum Gasteiger partial charge on any atom is -0.350 e. The normalized spacial score (nSPS) is 12.9. The van der Waals surface area contributed by atoms with E-state index in [2.05, 4.69) is 10.6 Å². The van der Waals surface area contributed by atoms with Crippen LogP contribution in [0.1, 0.15) is 24.5 Å². The maximum atomic E-state index is 12.1. The van der Waals surface area contributed by atoms with Gasteiger partial charge in [-0.2, -0.15) is 0 Å². The van der Waals surface area contributed by atoms with Crippen molar-refractivity contribution in [2.24, 2.45) is 5.73 Å². The SMILES string of the molecule is C[C@H](NC(=O)[C@H](N)CCc1ccccc1)C(=O)NCc1ccccc1. The van der Waals surface area contributed by atoms with Gasteiger partial charge in [0.2, 0.25) is 11.8 Å². The molecule has 0 spiro atoms. The van der Waals surface area contributed by atoms with E-state index in [1.165, 1.54) is 0 Å². The predicted octanol–water partition coefficient (Wildman–Crippen LogP) is 1.77. The molecule has 0 saturated heterocycles. The maximum Gasteiger partial charge on any atom is 0.242 e. The molecule has 2 amide bonds. The zero-order chi connectivity index (χ0) is 18.1. The summed E-state index contributed by atoms with van der Waals surface area (Å²) in [7, 11) is 0. The number of aryl methyl sites for hydroxylation is 1. The molecule has 0 aliphatic rings. The van der Waals surface area contributed by atoms with Crippen LogP contribution in [-0.4, -0.2) is 23.9 Å². The second-order valence-corrected chi connectivity index (χ2v) is 6.06. The van der Waals surface area contributed by atoms with Crippen molar-refractivity contribution in [2.75, 3.05) is 0 Å². The van der Waals surface area contributed by atoms with Crippen LogP contribution in [0.25, 0.3) is 0 Å². The zero-order valence-corrected chi connectivity index (χ0v) is 14.4. The number of nitrogens with two attached hydrogens (primary N) is 1. The highest BCUT2D eigenvalue weighted by molar-refractivity contribution is 5.89. The Morgan fingerprint density at radius 3 is 2.08 bits per heavy atom. The number of carbonyl (C=O) groups is 2. The van der Waals surface area contributed by atoms with Crippen LogP contribution in [0.3, 0.4) is 0 Å². The van der Waals surface area contributed by atoms with Crippen LogP contribution in [-0.2, 0) is 22.6 Å². The molecular weight excluding hydrogens is 314 g/mol. The van der Waals surface area contributed by atoms with Gasteiger partial charge < -0.3 is 16.4 Å². The summed E-state index contributed by atoms with van der Waals surface area (Å²) in [5, 5.41) is 5.48. The highest BCUT2D eigenvalue weighted by Crippen LogP contribution is 2.04. The van der Waals surface area contributed by atoms with Crippen molar-refractivity contribution < 1.29 is 9.59 Å². The van der Waals surface area contributed by atoms with Gasteiger partial charge in [-0.3, -0.25) is 9.59 Å². The average Bonchev–Trinajstić information content (AvgIpc) is 2.65. The number of benzene rings is 2. The first kappa shape index (κ1) is 18.7. The summed E-state index contributed by atoms with van der Waals surface area (Å²) in [5.74, 6) is -0.536. The van der Waals surface area contributed by atoms with E-state index in [-0.39, 0.29) is 11.8 Å². The molecule has 5 heteroatoms. The number of nitrogens with one attached hydrogen (secondary N) is 2. The van der Waals surface area contributed by atoms with E-state index >= 15 is 0 Å². The molecule has 2 aromatic rings. The molecule has 0 fully saturated rings. The molecule has 0 aliphatic heterocycles. The summed E-state index contributed by atoms with van der Waals surface area (Å²) >= 11 is 0. The Balaban J connectivity index is 1.73. The zero-order valence-electron chi connectivity index (χ0n) is 14.4. The molecule has 0 heterocycles. The highest BCUT2D eigenvalue weighted by Gasteiger charge is 2.19.